The number of aliphatic hydroxyl groups is 2. The van der Waals surface area contributed by atoms with E-state index in [2.05, 4.69) is 69.0 Å². The quantitative estimate of drug-likeness (QED) is 0.0268. The zero-order valence-electron chi connectivity index (χ0n) is 38.3. The zero-order valence-corrected chi connectivity index (χ0v) is 39.9. The molecule has 4 saturated heterocycles. The number of aromatic nitrogens is 6. The predicted molar refractivity (Wildman–Crippen MR) is 259 cm³/mol. The third-order valence-electron chi connectivity index (χ3n) is 12.4. The maximum absolute atomic E-state index is 12.9. The molecule has 24 nitrogen and oxygen atoms in total. The van der Waals surface area contributed by atoms with Gasteiger partial charge in [-0.25, -0.2) is 5.26 Å². The Kier molecular flexibility index (Phi) is 16.7. The van der Waals surface area contributed by atoms with Gasteiger partial charge in [0.25, 0.3) is 10.1 Å². The summed E-state index contributed by atoms with van der Waals surface area (Å²) in [7, 11) is -0.586. The van der Waals surface area contributed by atoms with Crippen LogP contribution in [0.2, 0.25) is 0 Å². The lowest BCUT2D eigenvalue weighted by atomic mass is 10.1. The van der Waals surface area contributed by atoms with Crippen LogP contribution in [0.5, 0.6) is 0 Å². The lowest BCUT2D eigenvalue weighted by Crippen LogP contribution is -2.48. The molecule has 0 radical (unpaired) electrons. The van der Waals surface area contributed by atoms with Gasteiger partial charge in [0.1, 0.15) is 4.90 Å². The maximum atomic E-state index is 12.9. The SMILES string of the molecule is CN1CCN(c2nc(Nc3ccc(C=Cc4ccc(Nc5nc(N6CCN(C)CC6)nc(N6CCN(CCO)CC6)n5)cc4S(=O)(=O)O)c(SOOO)c3)nc(N3CCN(CCO)CC3)n2)CC1. The number of hydrogen-bond acceptors (Lipinski definition) is 24. The van der Waals surface area contributed by atoms with Crippen LogP contribution in [0.1, 0.15) is 11.1 Å². The van der Waals surface area contributed by atoms with Gasteiger partial charge in [-0.15, -0.1) is 4.33 Å². The number of anilines is 8. The van der Waals surface area contributed by atoms with Gasteiger partial charge in [0.15, 0.2) is 0 Å². The van der Waals surface area contributed by atoms with E-state index in [0.717, 1.165) is 90.6 Å². The Labute approximate surface area is 400 Å². The molecule has 4 aromatic rings. The highest BCUT2D eigenvalue weighted by Crippen LogP contribution is 2.32. The van der Waals surface area contributed by atoms with Crippen molar-refractivity contribution in [3.63, 3.8) is 0 Å². The molecular formula is C42H60N16O8S2. The second kappa shape index (κ2) is 23.0. The smallest absolute Gasteiger partial charge is 0.295 e. The topological polar surface area (TPSA) is 261 Å². The van der Waals surface area contributed by atoms with E-state index in [4.69, 9.17) is 39.5 Å². The number of rotatable bonds is 18. The van der Waals surface area contributed by atoms with Gasteiger partial charge in [0, 0.05) is 134 Å². The highest BCUT2D eigenvalue weighted by atomic mass is 32.2. The first-order valence-corrected chi connectivity index (χ1v) is 24.8. The molecule has 68 heavy (non-hydrogen) atoms. The molecule has 6 heterocycles. The van der Waals surface area contributed by atoms with Crippen LogP contribution in [-0.2, 0) is 19.5 Å². The minimum atomic E-state index is -4.74. The number of nitrogens with one attached hydrogen (secondary N) is 2. The van der Waals surface area contributed by atoms with Crippen LogP contribution in [-0.4, -0.2) is 223 Å². The van der Waals surface area contributed by atoms with Crippen molar-refractivity contribution in [2.45, 2.75) is 9.79 Å². The Morgan fingerprint density at radius 2 is 0.985 bits per heavy atom. The van der Waals surface area contributed by atoms with Gasteiger partial charge in [-0.3, -0.25) is 14.4 Å². The van der Waals surface area contributed by atoms with Gasteiger partial charge in [0.2, 0.25) is 35.7 Å². The molecule has 26 heteroatoms. The van der Waals surface area contributed by atoms with E-state index in [1.54, 1.807) is 42.5 Å². The van der Waals surface area contributed by atoms with Gasteiger partial charge in [0.05, 0.1) is 25.3 Å². The van der Waals surface area contributed by atoms with Crippen LogP contribution >= 0.6 is 12.0 Å². The third kappa shape index (κ3) is 12.9. The first-order chi connectivity index (χ1) is 32.9. The molecule has 0 aliphatic carbocycles. The molecule has 0 unspecified atom stereocenters. The van der Waals surface area contributed by atoms with Gasteiger partial charge >= 0.3 is 0 Å². The summed E-state index contributed by atoms with van der Waals surface area (Å²) < 4.78 is 41.2. The van der Waals surface area contributed by atoms with Crippen LogP contribution in [0.4, 0.5) is 47.1 Å². The molecule has 0 amide bonds. The molecule has 8 rings (SSSR count). The fraction of sp³-hybridized carbons (Fsp3) is 0.524. The number of likely N-dealkylation sites (N-methyl/N-ethyl adjacent to an activating group) is 2. The average Bonchev–Trinajstić information content (AvgIpc) is 3.34. The van der Waals surface area contributed by atoms with Crippen LogP contribution in [0.25, 0.3) is 12.2 Å². The molecule has 4 fully saturated rings. The van der Waals surface area contributed by atoms with E-state index >= 15 is 0 Å². The Bertz CT molecular complexity index is 2450. The fourth-order valence-electron chi connectivity index (χ4n) is 8.31. The van der Waals surface area contributed by atoms with Crippen molar-refractivity contribution >= 4 is 81.4 Å². The first-order valence-electron chi connectivity index (χ1n) is 22.6. The van der Waals surface area contributed by atoms with Crippen molar-refractivity contribution in [3.05, 3.63) is 47.5 Å². The molecule has 6 N–H and O–H groups in total. The molecular weight excluding hydrogens is 921 g/mol. The molecule has 368 valence electrons. The standard InChI is InChI=1S/C42H60N16O8S2/c1-51-9-17-55(18-10-51)39-45-37(46-41(49-39)57-21-13-53(14-22-57)25-27-59)43-33-7-5-31(35(29-33)67-66-65-61)3-4-32-6-8-34(30-36(32)68(62,63)64)44-38-47-40(56-19-11-52(2)12-20-56)50-42(48-38)58-23-15-54(16-24-58)26-28-60/h3-8,29-30,59-61H,9-28H2,1-2H3,(H,62,63,64)(H,43,45,46,49)(H,44,47,48,50). The summed E-state index contributed by atoms with van der Waals surface area (Å²) in [4.78, 5) is 46.3. The van der Waals surface area contributed by atoms with E-state index in [1.165, 1.54) is 6.07 Å². The minimum absolute atomic E-state index is 0.0875. The summed E-state index contributed by atoms with van der Waals surface area (Å²) >= 11 is 0.723. The van der Waals surface area contributed by atoms with E-state index in [0.29, 0.717) is 90.8 Å². The second-order valence-corrected chi connectivity index (χ2v) is 19.1. The van der Waals surface area contributed by atoms with Crippen molar-refractivity contribution in [1.29, 1.82) is 0 Å². The molecule has 0 spiro atoms. The van der Waals surface area contributed by atoms with Crippen molar-refractivity contribution in [1.82, 2.24) is 49.5 Å². The minimum Gasteiger partial charge on any atom is -0.395 e. The van der Waals surface area contributed by atoms with E-state index < -0.39 is 10.1 Å². The van der Waals surface area contributed by atoms with Gasteiger partial charge < -0.3 is 50.2 Å². The number of β-amino-alcohol motifs (C(OH)–C–C–N with tert-alkyl or cyclic N) is 2. The van der Waals surface area contributed by atoms with Gasteiger partial charge in [-0.1, -0.05) is 29.3 Å². The molecule has 0 saturated carbocycles. The molecule has 2 aromatic carbocycles. The monoisotopic (exact) mass is 980 g/mol. The van der Waals surface area contributed by atoms with Gasteiger partial charge in [-0.2, -0.15) is 38.3 Å². The number of benzene rings is 2. The number of nitrogens with zero attached hydrogens (tertiary/aromatic N) is 14. The predicted octanol–water partition coefficient (Wildman–Crippen LogP) is 1.12. The zero-order chi connectivity index (χ0) is 47.6. The first kappa shape index (κ1) is 49.3. The third-order valence-corrected chi connectivity index (χ3v) is 13.9. The molecule has 4 aliphatic rings. The van der Waals surface area contributed by atoms with Crippen LogP contribution in [0.3, 0.4) is 0 Å². The Balaban J connectivity index is 1.03. The highest BCUT2D eigenvalue weighted by Gasteiger charge is 2.26. The van der Waals surface area contributed by atoms with E-state index in [1.807, 2.05) is 0 Å². The van der Waals surface area contributed by atoms with Crippen molar-refractivity contribution in [3.8, 4) is 0 Å². The largest absolute Gasteiger partial charge is 0.395 e. The van der Waals surface area contributed by atoms with Crippen LogP contribution in [0.15, 0.2) is 46.2 Å². The average molecular weight is 981 g/mol. The van der Waals surface area contributed by atoms with Crippen molar-refractivity contribution < 1.29 is 37.8 Å². The number of aliphatic hydroxyl groups excluding tert-OH is 2. The molecule has 2 aromatic heterocycles. The summed E-state index contributed by atoms with van der Waals surface area (Å²) in [5, 5.41) is 38.4. The summed E-state index contributed by atoms with van der Waals surface area (Å²) in [6.07, 6.45) is 3.19. The summed E-state index contributed by atoms with van der Waals surface area (Å²) in [6, 6.07) is 9.84. The summed E-state index contributed by atoms with van der Waals surface area (Å²) in [5.74, 6) is 2.63. The summed E-state index contributed by atoms with van der Waals surface area (Å²) in [6.45, 7) is 13.5. The Morgan fingerprint density at radius 1 is 0.588 bits per heavy atom. The number of piperazine rings is 4. The summed E-state index contributed by atoms with van der Waals surface area (Å²) in [5.41, 5.74) is 1.65. The molecule has 0 atom stereocenters. The van der Waals surface area contributed by atoms with E-state index in [-0.39, 0.29) is 29.6 Å². The highest BCUT2D eigenvalue weighted by molar-refractivity contribution is 7.94. The lowest BCUT2D eigenvalue weighted by Gasteiger charge is -2.35. The Morgan fingerprint density at radius 3 is 1.40 bits per heavy atom. The van der Waals surface area contributed by atoms with Crippen LogP contribution < -0.4 is 30.2 Å². The van der Waals surface area contributed by atoms with Gasteiger partial charge in [-0.05, 0) is 49.5 Å². The second-order valence-electron chi connectivity index (χ2n) is 17.0. The van der Waals surface area contributed by atoms with Crippen LogP contribution in [0, 0.1) is 0 Å². The van der Waals surface area contributed by atoms with E-state index in [9.17, 15) is 23.2 Å². The molecule has 0 bridgehead atoms. The van der Waals surface area contributed by atoms with Crippen molar-refractivity contribution in [2.24, 2.45) is 0 Å². The Hall–Kier alpha value is -5.10. The number of hydrogen-bond donors (Lipinski definition) is 6. The lowest BCUT2D eigenvalue weighted by molar-refractivity contribution is -0.432. The fourth-order valence-corrected chi connectivity index (χ4v) is 9.53. The molecule has 4 aliphatic heterocycles. The van der Waals surface area contributed by atoms with Crippen molar-refractivity contribution in [2.75, 3.05) is 175 Å². The normalized spacial score (nSPS) is 18.5. The maximum Gasteiger partial charge on any atom is 0.295 e.